The lowest BCUT2D eigenvalue weighted by Gasteiger charge is -2.16. The summed E-state index contributed by atoms with van der Waals surface area (Å²) < 4.78 is 27.3. The van der Waals surface area contributed by atoms with Crippen LogP contribution in [-0.4, -0.2) is 47.5 Å². The van der Waals surface area contributed by atoms with E-state index in [9.17, 15) is 13.2 Å². The van der Waals surface area contributed by atoms with Crippen LogP contribution in [0.25, 0.3) is 17.1 Å². The Bertz CT molecular complexity index is 1450. The third-order valence-electron chi connectivity index (χ3n) is 5.67. The summed E-state index contributed by atoms with van der Waals surface area (Å²) in [5.41, 5.74) is 3.95. The van der Waals surface area contributed by atoms with Crippen LogP contribution in [0.3, 0.4) is 0 Å². The molecule has 1 aromatic heterocycles. The number of carbonyl (C=O) groups is 1. The smallest absolute Gasteiger partial charge is 0.232 e. The highest BCUT2D eigenvalue weighted by atomic mass is 32.2. The van der Waals surface area contributed by atoms with Gasteiger partial charge < -0.3 is 0 Å². The van der Waals surface area contributed by atoms with Crippen LogP contribution in [0.5, 0.6) is 0 Å². The molecule has 0 atom stereocenters. The number of ketones is 1. The molecule has 1 aliphatic rings. The van der Waals surface area contributed by atoms with E-state index in [0.717, 1.165) is 16.8 Å². The predicted octanol–water partition coefficient (Wildman–Crippen LogP) is 4.23. The van der Waals surface area contributed by atoms with E-state index in [-0.39, 0.29) is 11.5 Å². The van der Waals surface area contributed by atoms with Crippen LogP contribution in [0.15, 0.2) is 84.0 Å². The highest BCUT2D eigenvalue weighted by Crippen LogP contribution is 2.32. The number of rotatable bonds is 7. The summed E-state index contributed by atoms with van der Waals surface area (Å²) in [4.78, 5) is 13.0. The monoisotopic (exact) mass is 490 g/mol. The molecule has 0 saturated heterocycles. The van der Waals surface area contributed by atoms with Crippen LogP contribution in [-0.2, 0) is 16.4 Å². The minimum atomic E-state index is -3.32. The van der Waals surface area contributed by atoms with Crippen LogP contribution in [0, 0.1) is 0 Å². The maximum absolute atomic E-state index is 13.0. The van der Waals surface area contributed by atoms with Gasteiger partial charge in [0.05, 0.1) is 17.7 Å². The van der Waals surface area contributed by atoms with E-state index in [4.69, 9.17) is 0 Å². The number of Topliss-reactive ketones (excluding diaryl/α,β-unsaturated/α-hetero) is 1. The molecular formula is C25H22N4O3S2. The minimum absolute atomic E-state index is 0.0468. The fourth-order valence-corrected chi connectivity index (χ4v) is 5.86. The molecule has 0 amide bonds. The molecule has 0 saturated carbocycles. The summed E-state index contributed by atoms with van der Waals surface area (Å²) in [5.74, 6) is 0.851. The highest BCUT2D eigenvalue weighted by molar-refractivity contribution is 7.99. The van der Waals surface area contributed by atoms with E-state index in [0.29, 0.717) is 35.2 Å². The molecule has 0 fully saturated rings. The van der Waals surface area contributed by atoms with Gasteiger partial charge in [-0.15, -0.1) is 10.2 Å². The first-order valence-electron chi connectivity index (χ1n) is 10.7. The number of sulfonamides is 1. The molecule has 5 rings (SSSR count). The number of carbonyl (C=O) groups excluding carboxylic acids is 1. The SMILES string of the molecule is CS(=O)(=O)N1CCc2cc(C(=O)CSc3nnc(-c4ccccc4)n3-c3ccccc3)ccc21. The summed E-state index contributed by atoms with van der Waals surface area (Å²) in [5, 5.41) is 9.42. The number of hydrogen-bond donors (Lipinski definition) is 0. The zero-order chi connectivity index (χ0) is 23.7. The molecule has 7 nitrogen and oxygen atoms in total. The van der Waals surface area contributed by atoms with Gasteiger partial charge in [-0.2, -0.15) is 0 Å². The van der Waals surface area contributed by atoms with Crippen molar-refractivity contribution in [1.82, 2.24) is 14.8 Å². The van der Waals surface area contributed by atoms with Gasteiger partial charge in [-0.25, -0.2) is 8.42 Å². The Morgan fingerprint density at radius 3 is 2.38 bits per heavy atom. The number of nitrogens with zero attached hydrogens (tertiary/aromatic N) is 4. The molecule has 0 aliphatic carbocycles. The predicted molar refractivity (Wildman–Crippen MR) is 134 cm³/mol. The van der Waals surface area contributed by atoms with Crippen molar-refractivity contribution in [1.29, 1.82) is 0 Å². The highest BCUT2D eigenvalue weighted by Gasteiger charge is 2.27. The Balaban J connectivity index is 1.40. The number of anilines is 1. The molecule has 1 aliphatic heterocycles. The lowest BCUT2D eigenvalue weighted by atomic mass is 10.1. The zero-order valence-electron chi connectivity index (χ0n) is 18.5. The van der Waals surface area contributed by atoms with Gasteiger partial charge in [-0.1, -0.05) is 60.3 Å². The number of hydrogen-bond acceptors (Lipinski definition) is 6. The fraction of sp³-hybridized carbons (Fsp3) is 0.160. The molecule has 0 N–H and O–H groups in total. The van der Waals surface area contributed by atoms with Crippen molar-refractivity contribution in [3.05, 3.63) is 90.0 Å². The van der Waals surface area contributed by atoms with E-state index >= 15 is 0 Å². The number of benzene rings is 3. The first kappa shape index (κ1) is 22.4. The van der Waals surface area contributed by atoms with Crippen molar-refractivity contribution >= 4 is 33.3 Å². The molecule has 0 bridgehead atoms. The van der Waals surface area contributed by atoms with Crippen molar-refractivity contribution in [2.24, 2.45) is 0 Å². The Hall–Kier alpha value is -3.43. The number of aromatic nitrogens is 3. The van der Waals surface area contributed by atoms with Crippen LogP contribution >= 0.6 is 11.8 Å². The molecule has 0 radical (unpaired) electrons. The lowest BCUT2D eigenvalue weighted by molar-refractivity contribution is 0.102. The van der Waals surface area contributed by atoms with Crippen LogP contribution < -0.4 is 4.31 Å². The van der Waals surface area contributed by atoms with Crippen molar-refractivity contribution in [2.75, 3.05) is 22.9 Å². The maximum Gasteiger partial charge on any atom is 0.232 e. The van der Waals surface area contributed by atoms with Gasteiger partial charge in [-0.05, 0) is 42.3 Å². The number of thioether (sulfide) groups is 1. The Kier molecular flexibility index (Phi) is 5.97. The normalized spacial score (nSPS) is 13.1. The average molecular weight is 491 g/mol. The van der Waals surface area contributed by atoms with Crippen LogP contribution in [0.4, 0.5) is 5.69 Å². The minimum Gasteiger partial charge on any atom is -0.293 e. The summed E-state index contributed by atoms with van der Waals surface area (Å²) in [6.07, 6.45) is 1.80. The molecule has 0 unspecified atom stereocenters. The van der Waals surface area contributed by atoms with Gasteiger partial charge >= 0.3 is 0 Å². The van der Waals surface area contributed by atoms with E-state index < -0.39 is 10.0 Å². The third-order valence-corrected chi connectivity index (χ3v) is 7.78. The van der Waals surface area contributed by atoms with Crippen LogP contribution in [0.2, 0.25) is 0 Å². The third kappa shape index (κ3) is 4.36. The molecule has 2 heterocycles. The fourth-order valence-electron chi connectivity index (χ4n) is 4.05. The maximum atomic E-state index is 13.0. The van der Waals surface area contributed by atoms with E-state index in [1.165, 1.54) is 22.3 Å². The summed E-state index contributed by atoms with van der Waals surface area (Å²) in [6.45, 7) is 0.406. The molecule has 4 aromatic rings. The Labute approximate surface area is 202 Å². The lowest BCUT2D eigenvalue weighted by Crippen LogP contribution is -2.27. The number of para-hydroxylation sites is 1. The number of fused-ring (bicyclic) bond motifs is 1. The van der Waals surface area contributed by atoms with Crippen LogP contribution in [0.1, 0.15) is 15.9 Å². The summed E-state index contributed by atoms with van der Waals surface area (Å²) >= 11 is 1.33. The zero-order valence-corrected chi connectivity index (χ0v) is 20.1. The van der Waals surface area contributed by atoms with E-state index in [2.05, 4.69) is 10.2 Å². The summed E-state index contributed by atoms with van der Waals surface area (Å²) in [6, 6.07) is 24.9. The van der Waals surface area contributed by atoms with E-state index in [1.54, 1.807) is 18.2 Å². The second-order valence-electron chi connectivity index (χ2n) is 7.98. The Morgan fingerprint density at radius 2 is 1.68 bits per heavy atom. The quantitative estimate of drug-likeness (QED) is 0.285. The van der Waals surface area contributed by atoms with Crippen molar-refractivity contribution in [2.45, 2.75) is 11.6 Å². The van der Waals surface area contributed by atoms with E-state index in [1.807, 2.05) is 65.2 Å². The van der Waals surface area contributed by atoms with Gasteiger partial charge in [-0.3, -0.25) is 13.7 Å². The topological polar surface area (TPSA) is 85.2 Å². The van der Waals surface area contributed by atoms with Gasteiger partial charge in [0.2, 0.25) is 10.0 Å². The Morgan fingerprint density at radius 1 is 0.971 bits per heavy atom. The first-order chi connectivity index (χ1) is 16.4. The van der Waals surface area contributed by atoms with Gasteiger partial charge in [0, 0.05) is 23.4 Å². The summed E-state index contributed by atoms with van der Waals surface area (Å²) in [7, 11) is -3.32. The van der Waals surface area contributed by atoms with Crippen molar-refractivity contribution < 1.29 is 13.2 Å². The second-order valence-corrected chi connectivity index (χ2v) is 10.8. The second kappa shape index (κ2) is 9.08. The first-order valence-corrected chi connectivity index (χ1v) is 13.6. The average Bonchev–Trinajstić information content (AvgIpc) is 3.47. The van der Waals surface area contributed by atoms with Crippen molar-refractivity contribution in [3.63, 3.8) is 0 Å². The van der Waals surface area contributed by atoms with Gasteiger partial charge in [0.1, 0.15) is 0 Å². The molecule has 172 valence electrons. The van der Waals surface area contributed by atoms with Crippen molar-refractivity contribution in [3.8, 4) is 17.1 Å². The van der Waals surface area contributed by atoms with Gasteiger partial charge in [0.25, 0.3) is 0 Å². The van der Waals surface area contributed by atoms with Gasteiger partial charge in [0.15, 0.2) is 16.8 Å². The molecule has 3 aromatic carbocycles. The largest absolute Gasteiger partial charge is 0.293 e. The molecular weight excluding hydrogens is 468 g/mol. The molecule has 34 heavy (non-hydrogen) atoms. The molecule has 0 spiro atoms. The standard InChI is InChI=1S/C25H22N4O3S2/c1-34(31,32)28-15-14-19-16-20(12-13-22(19)28)23(30)17-33-25-27-26-24(18-8-4-2-5-9-18)29(25)21-10-6-3-7-11-21/h2-13,16H,14-15,17H2,1H3. The molecule has 9 heteroatoms.